The average molecular weight is 244 g/mol. The maximum atomic E-state index is 11.4. The van der Waals surface area contributed by atoms with Crippen LogP contribution in [0.3, 0.4) is 0 Å². The van der Waals surface area contributed by atoms with Gasteiger partial charge in [0.05, 0.1) is 13.2 Å². The van der Waals surface area contributed by atoms with Crippen LogP contribution in [0.2, 0.25) is 0 Å². The molecule has 0 amide bonds. The number of hydrogen-bond donors (Lipinski definition) is 1. The van der Waals surface area contributed by atoms with Gasteiger partial charge in [0, 0.05) is 19.7 Å². The summed E-state index contributed by atoms with van der Waals surface area (Å²) in [5, 5.41) is 0. The van der Waals surface area contributed by atoms with Gasteiger partial charge in [0.25, 0.3) is 0 Å². The number of likely N-dealkylation sites (N-methyl/N-ethyl adjacent to an activating group) is 1. The summed E-state index contributed by atoms with van der Waals surface area (Å²) < 4.78 is 10.3. The van der Waals surface area contributed by atoms with Crippen molar-refractivity contribution in [2.45, 2.75) is 25.8 Å². The van der Waals surface area contributed by atoms with E-state index in [0.717, 1.165) is 26.2 Å². The number of hydrogen-bond acceptors (Lipinski definition) is 5. The maximum Gasteiger partial charge on any atom is 0.324 e. The maximum absolute atomic E-state index is 11.4. The number of carbonyl (C=O) groups excluding carboxylic acids is 1. The van der Waals surface area contributed by atoms with Crippen LogP contribution in [0, 0.1) is 5.92 Å². The molecule has 2 unspecified atom stereocenters. The first kappa shape index (κ1) is 14.4. The van der Waals surface area contributed by atoms with Crippen LogP contribution in [0.25, 0.3) is 0 Å². The molecule has 0 spiro atoms. The van der Waals surface area contributed by atoms with E-state index in [1.807, 2.05) is 7.05 Å². The lowest BCUT2D eigenvalue weighted by Crippen LogP contribution is -2.44. The van der Waals surface area contributed by atoms with Crippen LogP contribution in [0.15, 0.2) is 0 Å². The van der Waals surface area contributed by atoms with Gasteiger partial charge in [-0.05, 0) is 32.7 Å². The van der Waals surface area contributed by atoms with E-state index in [2.05, 4.69) is 4.90 Å². The molecule has 1 heterocycles. The number of esters is 1. The topological polar surface area (TPSA) is 64.8 Å². The molecule has 1 aliphatic rings. The van der Waals surface area contributed by atoms with Gasteiger partial charge in [0.2, 0.25) is 0 Å². The van der Waals surface area contributed by atoms with Crippen LogP contribution in [0.1, 0.15) is 19.8 Å². The highest BCUT2D eigenvalue weighted by molar-refractivity contribution is 5.75. The average Bonchev–Trinajstić information content (AvgIpc) is 2.30. The first-order valence-electron chi connectivity index (χ1n) is 6.32. The van der Waals surface area contributed by atoms with Crippen LogP contribution < -0.4 is 5.73 Å². The van der Waals surface area contributed by atoms with Crippen LogP contribution >= 0.6 is 0 Å². The zero-order valence-electron chi connectivity index (χ0n) is 10.9. The summed E-state index contributed by atoms with van der Waals surface area (Å²) in [5.74, 6) is 0.238. The number of nitrogens with zero attached hydrogens (tertiary/aromatic N) is 1. The monoisotopic (exact) mass is 244 g/mol. The third-order valence-electron chi connectivity index (χ3n) is 2.92. The van der Waals surface area contributed by atoms with Crippen molar-refractivity contribution in [3.63, 3.8) is 0 Å². The highest BCUT2D eigenvalue weighted by Crippen LogP contribution is 2.14. The fourth-order valence-electron chi connectivity index (χ4n) is 2.13. The minimum absolute atomic E-state index is 0.320. The Labute approximate surface area is 103 Å². The summed E-state index contributed by atoms with van der Waals surface area (Å²) in [6.07, 6.45) is 2.32. The minimum Gasteiger partial charge on any atom is -0.465 e. The first-order chi connectivity index (χ1) is 8.13. The van der Waals surface area contributed by atoms with Crippen LogP contribution in [0.5, 0.6) is 0 Å². The van der Waals surface area contributed by atoms with Gasteiger partial charge in [0.1, 0.15) is 6.04 Å². The Morgan fingerprint density at radius 1 is 1.65 bits per heavy atom. The predicted octanol–water partition coefficient (Wildman–Crippen LogP) is 0.235. The molecule has 0 aliphatic carbocycles. The number of nitrogens with two attached hydrogens (primary N) is 1. The van der Waals surface area contributed by atoms with E-state index in [-0.39, 0.29) is 5.97 Å². The van der Waals surface area contributed by atoms with E-state index in [9.17, 15) is 4.79 Å². The second kappa shape index (κ2) is 7.63. The molecule has 1 aliphatic heterocycles. The van der Waals surface area contributed by atoms with Gasteiger partial charge in [-0.15, -0.1) is 0 Å². The van der Waals surface area contributed by atoms with E-state index >= 15 is 0 Å². The zero-order valence-corrected chi connectivity index (χ0v) is 10.9. The molecule has 5 nitrogen and oxygen atoms in total. The van der Waals surface area contributed by atoms with E-state index in [1.165, 1.54) is 6.42 Å². The van der Waals surface area contributed by atoms with E-state index in [1.54, 1.807) is 6.92 Å². The molecule has 2 atom stereocenters. The summed E-state index contributed by atoms with van der Waals surface area (Å²) in [5.41, 5.74) is 5.76. The Hall–Kier alpha value is -0.650. The molecule has 0 bridgehead atoms. The Morgan fingerprint density at radius 2 is 2.41 bits per heavy atom. The van der Waals surface area contributed by atoms with Gasteiger partial charge in [-0.3, -0.25) is 4.79 Å². The molecule has 0 aromatic heterocycles. The number of rotatable bonds is 6. The molecular weight excluding hydrogens is 220 g/mol. The Kier molecular flexibility index (Phi) is 6.47. The smallest absolute Gasteiger partial charge is 0.324 e. The fraction of sp³-hybridized carbons (Fsp3) is 0.917. The van der Waals surface area contributed by atoms with Gasteiger partial charge in [-0.1, -0.05) is 0 Å². The number of carbonyl (C=O) groups is 1. The molecule has 17 heavy (non-hydrogen) atoms. The van der Waals surface area contributed by atoms with Crippen molar-refractivity contribution in [1.82, 2.24) is 4.90 Å². The van der Waals surface area contributed by atoms with Gasteiger partial charge in [-0.25, -0.2) is 0 Å². The largest absolute Gasteiger partial charge is 0.465 e. The van der Waals surface area contributed by atoms with E-state index < -0.39 is 6.04 Å². The summed E-state index contributed by atoms with van der Waals surface area (Å²) in [4.78, 5) is 13.5. The van der Waals surface area contributed by atoms with Crippen molar-refractivity contribution >= 4 is 5.97 Å². The quantitative estimate of drug-likeness (QED) is 0.678. The lowest BCUT2D eigenvalue weighted by Gasteiger charge is -2.28. The fourth-order valence-corrected chi connectivity index (χ4v) is 2.13. The molecule has 1 saturated heterocycles. The normalized spacial score (nSPS) is 22.5. The Morgan fingerprint density at radius 3 is 3.00 bits per heavy atom. The summed E-state index contributed by atoms with van der Waals surface area (Å²) in [6.45, 7) is 5.32. The van der Waals surface area contributed by atoms with Crippen molar-refractivity contribution in [3.05, 3.63) is 0 Å². The van der Waals surface area contributed by atoms with Gasteiger partial charge < -0.3 is 20.1 Å². The van der Waals surface area contributed by atoms with Crippen molar-refractivity contribution in [2.75, 3.05) is 40.0 Å². The third kappa shape index (κ3) is 5.48. The van der Waals surface area contributed by atoms with Gasteiger partial charge in [0.15, 0.2) is 0 Å². The Balaban J connectivity index is 2.22. The predicted molar refractivity (Wildman–Crippen MR) is 65.6 cm³/mol. The highest BCUT2D eigenvalue weighted by Gasteiger charge is 2.20. The molecule has 1 rings (SSSR count). The van der Waals surface area contributed by atoms with E-state index in [4.69, 9.17) is 15.2 Å². The van der Waals surface area contributed by atoms with Gasteiger partial charge >= 0.3 is 5.97 Å². The standard InChI is InChI=1S/C12H24N2O3/c1-3-17-12(15)11(13)8-14(2)7-10-5-4-6-16-9-10/h10-11H,3-9,13H2,1-2H3. The van der Waals surface area contributed by atoms with Crippen molar-refractivity contribution < 1.29 is 14.3 Å². The zero-order chi connectivity index (χ0) is 12.7. The molecule has 100 valence electrons. The highest BCUT2D eigenvalue weighted by atomic mass is 16.5. The minimum atomic E-state index is -0.551. The van der Waals surface area contributed by atoms with E-state index in [0.29, 0.717) is 19.1 Å². The molecule has 2 N–H and O–H groups in total. The second-order valence-corrected chi connectivity index (χ2v) is 4.66. The molecule has 1 fully saturated rings. The molecule has 0 saturated carbocycles. The van der Waals surface area contributed by atoms with Crippen molar-refractivity contribution in [3.8, 4) is 0 Å². The SMILES string of the molecule is CCOC(=O)C(N)CN(C)CC1CCCOC1. The van der Waals surface area contributed by atoms with Crippen LogP contribution in [0.4, 0.5) is 0 Å². The number of ether oxygens (including phenoxy) is 2. The molecule has 5 heteroatoms. The summed E-state index contributed by atoms with van der Waals surface area (Å²) in [7, 11) is 1.98. The molecular formula is C12H24N2O3. The van der Waals surface area contributed by atoms with Crippen molar-refractivity contribution in [1.29, 1.82) is 0 Å². The van der Waals surface area contributed by atoms with Crippen LogP contribution in [-0.4, -0.2) is 56.9 Å². The first-order valence-corrected chi connectivity index (χ1v) is 6.32. The molecule has 0 aromatic carbocycles. The summed E-state index contributed by atoms with van der Waals surface area (Å²) in [6, 6.07) is -0.551. The van der Waals surface area contributed by atoms with Crippen LogP contribution in [-0.2, 0) is 14.3 Å². The molecule has 0 radical (unpaired) electrons. The lowest BCUT2D eigenvalue weighted by atomic mass is 10.0. The Bertz CT molecular complexity index is 230. The second-order valence-electron chi connectivity index (χ2n) is 4.66. The van der Waals surface area contributed by atoms with Crippen molar-refractivity contribution in [2.24, 2.45) is 11.7 Å². The summed E-state index contributed by atoms with van der Waals surface area (Å²) >= 11 is 0. The lowest BCUT2D eigenvalue weighted by molar-refractivity contribution is -0.145. The molecule has 0 aromatic rings. The van der Waals surface area contributed by atoms with Gasteiger partial charge in [-0.2, -0.15) is 0 Å². The third-order valence-corrected chi connectivity index (χ3v) is 2.92.